The van der Waals surface area contributed by atoms with E-state index in [1.807, 2.05) is 0 Å². The Bertz CT molecular complexity index is 854. The van der Waals surface area contributed by atoms with Crippen LogP contribution in [0.4, 0.5) is 8.78 Å². The van der Waals surface area contributed by atoms with Crippen LogP contribution >= 0.6 is 0 Å². The summed E-state index contributed by atoms with van der Waals surface area (Å²) in [7, 11) is 0. The third kappa shape index (κ3) is 2.26. The number of rotatable bonds is 2. The van der Waals surface area contributed by atoms with Crippen molar-refractivity contribution in [3.63, 3.8) is 0 Å². The van der Waals surface area contributed by atoms with Crippen molar-refractivity contribution >= 4 is 5.91 Å². The van der Waals surface area contributed by atoms with Gasteiger partial charge in [0.25, 0.3) is 11.5 Å². The highest BCUT2D eigenvalue weighted by Crippen LogP contribution is 2.56. The van der Waals surface area contributed by atoms with Gasteiger partial charge in [-0.05, 0) is 29.9 Å². The third-order valence-electron chi connectivity index (χ3n) is 5.36. The van der Waals surface area contributed by atoms with E-state index in [9.17, 15) is 18.4 Å². The molecule has 126 valence electrons. The summed E-state index contributed by atoms with van der Waals surface area (Å²) in [5, 5.41) is 2.10. The molecule has 2 aliphatic rings. The van der Waals surface area contributed by atoms with E-state index in [0.29, 0.717) is 18.7 Å². The van der Waals surface area contributed by atoms with E-state index < -0.39 is 17.2 Å². The predicted molar refractivity (Wildman–Crippen MR) is 80.6 cm³/mol. The zero-order valence-electron chi connectivity index (χ0n) is 12.9. The number of nitrogens with zero attached hydrogens (tertiary/aromatic N) is 1. The zero-order valence-corrected chi connectivity index (χ0v) is 12.9. The fraction of sp³-hybridized carbons (Fsp3) is 0.412. The summed E-state index contributed by atoms with van der Waals surface area (Å²) in [6, 6.07) is 4.72. The van der Waals surface area contributed by atoms with E-state index in [4.69, 9.17) is 4.52 Å². The molecule has 1 N–H and O–H groups in total. The summed E-state index contributed by atoms with van der Waals surface area (Å²) >= 11 is 0. The van der Waals surface area contributed by atoms with Gasteiger partial charge in [-0.1, -0.05) is 12.5 Å². The molecule has 1 amide bonds. The van der Waals surface area contributed by atoms with Crippen LogP contribution in [-0.2, 0) is 0 Å². The third-order valence-corrected chi connectivity index (χ3v) is 5.36. The summed E-state index contributed by atoms with van der Waals surface area (Å²) < 4.78 is 32.3. The monoisotopic (exact) mass is 334 g/mol. The lowest BCUT2D eigenvalue weighted by atomic mass is 9.61. The molecular weight excluding hydrogens is 318 g/mol. The number of carbonyl (C=O) groups excluding carboxylic acids is 1. The van der Waals surface area contributed by atoms with Crippen molar-refractivity contribution < 1.29 is 18.1 Å². The molecule has 1 aromatic heterocycles. The van der Waals surface area contributed by atoms with Gasteiger partial charge in [0.15, 0.2) is 0 Å². The van der Waals surface area contributed by atoms with Crippen LogP contribution in [0.25, 0.3) is 0 Å². The molecule has 2 fully saturated rings. The molecule has 0 radical (unpaired) electrons. The van der Waals surface area contributed by atoms with Crippen LogP contribution in [0, 0.1) is 17.0 Å². The standard InChI is InChI=1S/C17H16F2N2O3/c18-10-2-3-11(13(19)6-10)12-8-21(9-17(12)4-1-5-17)16(23)14-7-15(22)20-24-14/h2-3,6-7,12H,1,4-5,8-9H2,(H,20,22)/t12-/m0/s1. The SMILES string of the molecule is O=C(c1cc(=O)[nH]o1)N1C[C@@H](c2ccc(F)cc2F)C2(CCC2)C1. The number of H-pyrrole nitrogens is 1. The Balaban J connectivity index is 1.65. The van der Waals surface area contributed by atoms with Gasteiger partial charge in [-0.3, -0.25) is 9.59 Å². The number of aromatic nitrogens is 1. The summed E-state index contributed by atoms with van der Waals surface area (Å²) in [6.07, 6.45) is 2.82. The number of benzene rings is 1. The molecule has 7 heteroatoms. The first kappa shape index (κ1) is 15.1. The van der Waals surface area contributed by atoms with Crippen LogP contribution in [0.5, 0.6) is 0 Å². The van der Waals surface area contributed by atoms with Crippen LogP contribution < -0.4 is 5.56 Å². The van der Waals surface area contributed by atoms with E-state index >= 15 is 0 Å². The summed E-state index contributed by atoms with van der Waals surface area (Å²) in [6.45, 7) is 0.818. The van der Waals surface area contributed by atoms with Crippen molar-refractivity contribution in [2.45, 2.75) is 25.2 Å². The fourth-order valence-electron chi connectivity index (χ4n) is 4.02. The quantitative estimate of drug-likeness (QED) is 0.918. The predicted octanol–water partition coefficient (Wildman–Crippen LogP) is 2.66. The van der Waals surface area contributed by atoms with Crippen LogP contribution in [0.2, 0.25) is 0 Å². The zero-order chi connectivity index (χ0) is 16.9. The minimum absolute atomic E-state index is 0.0466. The average Bonchev–Trinajstić information content (AvgIpc) is 3.10. The second-order valence-corrected chi connectivity index (χ2v) is 6.70. The average molecular weight is 334 g/mol. The molecule has 1 atom stereocenters. The maximum absolute atomic E-state index is 14.3. The van der Waals surface area contributed by atoms with E-state index in [2.05, 4.69) is 5.16 Å². The molecule has 1 saturated carbocycles. The van der Waals surface area contributed by atoms with Gasteiger partial charge in [-0.15, -0.1) is 0 Å². The lowest BCUT2D eigenvalue weighted by Gasteiger charge is -2.43. The van der Waals surface area contributed by atoms with Gasteiger partial charge in [0, 0.05) is 25.1 Å². The number of amides is 1. The van der Waals surface area contributed by atoms with Crippen molar-refractivity contribution in [1.82, 2.24) is 10.1 Å². The Morgan fingerprint density at radius 1 is 1.29 bits per heavy atom. The van der Waals surface area contributed by atoms with Crippen molar-refractivity contribution in [2.24, 2.45) is 5.41 Å². The van der Waals surface area contributed by atoms with Crippen molar-refractivity contribution in [3.05, 3.63) is 57.6 Å². The minimum atomic E-state index is -0.612. The number of hydrogen-bond donors (Lipinski definition) is 1. The largest absolute Gasteiger partial charge is 0.373 e. The molecule has 0 bridgehead atoms. The molecular formula is C17H16F2N2O3. The minimum Gasteiger partial charge on any atom is -0.373 e. The molecule has 1 aliphatic carbocycles. The van der Waals surface area contributed by atoms with Gasteiger partial charge < -0.3 is 9.42 Å². The van der Waals surface area contributed by atoms with E-state index in [1.165, 1.54) is 12.1 Å². The second-order valence-electron chi connectivity index (χ2n) is 6.70. The molecule has 2 heterocycles. The summed E-state index contributed by atoms with van der Waals surface area (Å²) in [4.78, 5) is 25.3. The molecule has 5 nitrogen and oxygen atoms in total. The number of carbonyl (C=O) groups is 1. The molecule has 1 saturated heterocycles. The normalized spacial score (nSPS) is 21.9. The maximum atomic E-state index is 14.3. The summed E-state index contributed by atoms with van der Waals surface area (Å²) in [5.74, 6) is -1.80. The highest BCUT2D eigenvalue weighted by Gasteiger charge is 2.52. The Hall–Kier alpha value is -2.44. The molecule has 24 heavy (non-hydrogen) atoms. The van der Waals surface area contributed by atoms with Gasteiger partial charge in [-0.2, -0.15) is 5.16 Å². The van der Waals surface area contributed by atoms with Gasteiger partial charge in [0.1, 0.15) is 11.6 Å². The lowest BCUT2D eigenvalue weighted by molar-refractivity contribution is 0.0686. The van der Waals surface area contributed by atoms with Gasteiger partial charge in [0.2, 0.25) is 5.76 Å². The molecule has 1 spiro atoms. The topological polar surface area (TPSA) is 66.3 Å². The number of nitrogens with one attached hydrogen (secondary N) is 1. The first-order valence-corrected chi connectivity index (χ1v) is 7.91. The number of halogens is 2. The number of likely N-dealkylation sites (tertiary alicyclic amines) is 1. The highest BCUT2D eigenvalue weighted by molar-refractivity contribution is 5.91. The van der Waals surface area contributed by atoms with Crippen LogP contribution in [0.3, 0.4) is 0 Å². The molecule has 1 aromatic carbocycles. The van der Waals surface area contributed by atoms with Crippen LogP contribution in [0.15, 0.2) is 33.6 Å². The number of hydrogen-bond acceptors (Lipinski definition) is 3. The first-order chi connectivity index (χ1) is 11.5. The molecule has 1 aliphatic heterocycles. The molecule has 4 rings (SSSR count). The highest BCUT2D eigenvalue weighted by atomic mass is 19.1. The fourth-order valence-corrected chi connectivity index (χ4v) is 4.02. The van der Waals surface area contributed by atoms with Crippen LogP contribution in [0.1, 0.15) is 41.3 Å². The smallest absolute Gasteiger partial charge is 0.292 e. The molecule has 2 aromatic rings. The molecule has 0 unspecified atom stereocenters. The van der Waals surface area contributed by atoms with Crippen molar-refractivity contribution in [2.75, 3.05) is 13.1 Å². The number of aromatic amines is 1. The summed E-state index contributed by atoms with van der Waals surface area (Å²) in [5.41, 5.74) is -0.204. The van der Waals surface area contributed by atoms with E-state index in [1.54, 1.807) is 4.90 Å². The Kier molecular flexibility index (Phi) is 3.33. The second kappa shape index (κ2) is 5.29. The maximum Gasteiger partial charge on any atom is 0.292 e. The van der Waals surface area contributed by atoms with E-state index in [0.717, 1.165) is 31.4 Å². The van der Waals surface area contributed by atoms with Gasteiger partial charge >= 0.3 is 0 Å². The van der Waals surface area contributed by atoms with Crippen molar-refractivity contribution in [1.29, 1.82) is 0 Å². The Labute approximate surface area is 136 Å². The van der Waals surface area contributed by atoms with Crippen LogP contribution in [-0.4, -0.2) is 29.1 Å². The van der Waals surface area contributed by atoms with Gasteiger partial charge in [-0.25, -0.2) is 8.78 Å². The Morgan fingerprint density at radius 2 is 2.08 bits per heavy atom. The van der Waals surface area contributed by atoms with Crippen molar-refractivity contribution in [3.8, 4) is 0 Å². The van der Waals surface area contributed by atoms with Gasteiger partial charge in [0.05, 0.1) is 6.07 Å². The lowest BCUT2D eigenvalue weighted by Crippen LogP contribution is -2.38. The Morgan fingerprint density at radius 3 is 2.67 bits per heavy atom. The van der Waals surface area contributed by atoms with E-state index in [-0.39, 0.29) is 23.0 Å². The first-order valence-electron chi connectivity index (χ1n) is 7.91.